The van der Waals surface area contributed by atoms with E-state index in [9.17, 15) is 0 Å². The van der Waals surface area contributed by atoms with Crippen molar-refractivity contribution in [3.05, 3.63) is 0 Å². The Hall–Kier alpha value is 0.868. The highest BCUT2D eigenvalue weighted by Gasteiger charge is 2.30. The molecule has 0 spiro atoms. The molecular formula is C12H33Si4. The van der Waals surface area contributed by atoms with Gasteiger partial charge >= 0.3 is 0 Å². The highest BCUT2D eigenvalue weighted by molar-refractivity contribution is 7.00. The molecule has 97 valence electrons. The standard InChI is InChI=1S/C12H33Si4/c1-14(2,3)10-13(11-15(4,5)6)12-16(7,8)9/h10-12H2,1-9H3. The molecule has 0 heterocycles. The van der Waals surface area contributed by atoms with Gasteiger partial charge in [-0.25, -0.2) is 0 Å². The number of rotatable bonds is 6. The molecule has 0 nitrogen and oxygen atoms in total. The smallest absolute Gasteiger partial charge is 0.0414 e. The number of hydrogen-bond acceptors (Lipinski definition) is 0. The maximum atomic E-state index is 2.56. The van der Waals surface area contributed by atoms with Gasteiger partial charge in [0.15, 0.2) is 0 Å². The largest absolute Gasteiger partial charge is 0.0698 e. The van der Waals surface area contributed by atoms with Crippen LogP contribution in [0.15, 0.2) is 0 Å². The van der Waals surface area contributed by atoms with Crippen LogP contribution in [0.1, 0.15) is 0 Å². The molecule has 0 aromatic carbocycles. The molecule has 0 amide bonds. The molecule has 0 atom stereocenters. The summed E-state index contributed by atoms with van der Waals surface area (Å²) in [6, 6.07) is 0. The molecule has 0 unspecified atom stereocenters. The molecule has 0 rings (SSSR count). The summed E-state index contributed by atoms with van der Waals surface area (Å²) in [5.74, 6) is 0. The van der Waals surface area contributed by atoms with Crippen LogP contribution in [0.2, 0.25) is 75.9 Å². The Balaban J connectivity index is 4.53. The zero-order valence-electron chi connectivity index (χ0n) is 13.1. The first kappa shape index (κ1) is 16.9. The van der Waals surface area contributed by atoms with Crippen LogP contribution in [0.4, 0.5) is 0 Å². The van der Waals surface area contributed by atoms with Crippen LogP contribution in [0.3, 0.4) is 0 Å². The predicted octanol–water partition coefficient (Wildman–Crippen LogP) is 5.11. The van der Waals surface area contributed by atoms with E-state index < -0.39 is 24.2 Å². The summed E-state index contributed by atoms with van der Waals surface area (Å²) in [6.45, 7) is 23.1. The van der Waals surface area contributed by atoms with Crippen LogP contribution < -0.4 is 0 Å². The second-order valence-corrected chi connectivity index (χ2v) is 30.1. The summed E-state index contributed by atoms with van der Waals surface area (Å²) in [5.41, 5.74) is 4.98. The highest BCUT2D eigenvalue weighted by atomic mass is 28.4. The van der Waals surface area contributed by atoms with Crippen LogP contribution >= 0.6 is 0 Å². The van der Waals surface area contributed by atoms with Gasteiger partial charge in [-0.15, -0.1) is 0 Å². The van der Waals surface area contributed by atoms with E-state index in [1.165, 1.54) is 0 Å². The van der Waals surface area contributed by atoms with Gasteiger partial charge in [-0.3, -0.25) is 0 Å². The van der Waals surface area contributed by atoms with Gasteiger partial charge in [0, 0.05) is 33.0 Å². The second-order valence-electron chi connectivity index (χ2n) is 8.96. The fourth-order valence-electron chi connectivity index (χ4n) is 2.44. The monoisotopic (exact) mass is 289 g/mol. The van der Waals surface area contributed by atoms with Gasteiger partial charge in [-0.1, -0.05) is 75.9 Å². The SMILES string of the molecule is C[Si](C)(C)C[Si](C[Si](C)(C)C)C[Si](C)(C)C. The molecule has 0 bridgehead atoms. The Labute approximate surface area is 109 Å². The van der Waals surface area contributed by atoms with Crippen molar-refractivity contribution in [1.82, 2.24) is 0 Å². The minimum absolute atomic E-state index is 0.0316. The van der Waals surface area contributed by atoms with Gasteiger partial charge in [0.1, 0.15) is 0 Å². The molecule has 0 N–H and O–H groups in total. The van der Waals surface area contributed by atoms with Crippen LogP contribution in [-0.4, -0.2) is 33.0 Å². The summed E-state index contributed by atoms with van der Waals surface area (Å²) in [4.78, 5) is 0. The van der Waals surface area contributed by atoms with Gasteiger partial charge in [-0.2, -0.15) is 0 Å². The predicted molar refractivity (Wildman–Crippen MR) is 90.2 cm³/mol. The summed E-state index contributed by atoms with van der Waals surface area (Å²) in [7, 11) is -2.52. The van der Waals surface area contributed by atoms with Crippen molar-refractivity contribution >= 4 is 33.0 Å². The molecule has 0 fully saturated rings. The molecule has 0 aliphatic heterocycles. The third-order valence-corrected chi connectivity index (χ3v) is 21.1. The first-order valence-electron chi connectivity index (χ1n) is 6.62. The minimum Gasteiger partial charge on any atom is -0.0698 e. The average molecular weight is 290 g/mol. The van der Waals surface area contributed by atoms with Gasteiger partial charge in [0.25, 0.3) is 0 Å². The van der Waals surface area contributed by atoms with E-state index in [-0.39, 0.29) is 8.80 Å². The van der Waals surface area contributed by atoms with E-state index in [1.807, 2.05) is 0 Å². The molecule has 0 aromatic rings. The van der Waals surface area contributed by atoms with Crippen LogP contribution in [-0.2, 0) is 0 Å². The van der Waals surface area contributed by atoms with Crippen molar-refractivity contribution < 1.29 is 0 Å². The summed E-state index contributed by atoms with van der Waals surface area (Å²) < 4.78 is 0. The van der Waals surface area contributed by atoms with Crippen molar-refractivity contribution in [3.63, 3.8) is 0 Å². The zero-order chi connectivity index (χ0) is 13.2. The Morgan fingerprint density at radius 1 is 0.500 bits per heavy atom. The van der Waals surface area contributed by atoms with E-state index in [0.29, 0.717) is 0 Å². The lowest BCUT2D eigenvalue weighted by Gasteiger charge is -2.31. The van der Waals surface area contributed by atoms with E-state index in [1.54, 1.807) is 17.0 Å². The van der Waals surface area contributed by atoms with Gasteiger partial charge < -0.3 is 0 Å². The second kappa shape index (κ2) is 5.67. The van der Waals surface area contributed by atoms with E-state index in [0.717, 1.165) is 0 Å². The fourth-order valence-corrected chi connectivity index (χ4v) is 25.3. The first-order valence-corrected chi connectivity index (χ1v) is 19.9. The van der Waals surface area contributed by atoms with E-state index in [4.69, 9.17) is 0 Å². The summed E-state index contributed by atoms with van der Waals surface area (Å²) in [6.07, 6.45) is 0. The van der Waals surface area contributed by atoms with Gasteiger partial charge in [-0.05, 0) is 0 Å². The van der Waals surface area contributed by atoms with Crippen LogP contribution in [0.25, 0.3) is 0 Å². The fraction of sp³-hybridized carbons (Fsp3) is 1.00. The minimum atomic E-state index is -0.830. The molecule has 0 aliphatic carbocycles. The summed E-state index contributed by atoms with van der Waals surface area (Å²) in [5, 5.41) is 0. The molecule has 1 radical (unpaired) electrons. The number of hydrogen-bond donors (Lipinski definition) is 0. The van der Waals surface area contributed by atoms with Gasteiger partial charge in [0.2, 0.25) is 0 Å². The van der Waals surface area contributed by atoms with Crippen molar-refractivity contribution in [2.75, 3.05) is 0 Å². The molecular weight excluding hydrogens is 256 g/mol. The Kier molecular flexibility index (Phi) is 5.98. The van der Waals surface area contributed by atoms with Crippen molar-refractivity contribution in [2.24, 2.45) is 0 Å². The van der Waals surface area contributed by atoms with Gasteiger partial charge in [0.05, 0.1) is 0 Å². The molecule has 16 heavy (non-hydrogen) atoms. The van der Waals surface area contributed by atoms with E-state index >= 15 is 0 Å². The normalized spacial score (nSPS) is 14.6. The highest BCUT2D eigenvalue weighted by Crippen LogP contribution is 2.25. The van der Waals surface area contributed by atoms with Crippen molar-refractivity contribution in [3.8, 4) is 0 Å². The Morgan fingerprint density at radius 2 is 0.688 bits per heavy atom. The quantitative estimate of drug-likeness (QED) is 0.596. The molecule has 0 saturated heterocycles. The molecule has 0 saturated carbocycles. The Bertz CT molecular complexity index is 166. The molecule has 0 aromatic heterocycles. The summed E-state index contributed by atoms with van der Waals surface area (Å²) >= 11 is 0. The topological polar surface area (TPSA) is 0 Å². The lowest BCUT2D eigenvalue weighted by molar-refractivity contribution is 1.46. The average Bonchev–Trinajstić information content (AvgIpc) is 1.70. The lowest BCUT2D eigenvalue weighted by Crippen LogP contribution is -2.40. The zero-order valence-corrected chi connectivity index (χ0v) is 17.1. The maximum absolute atomic E-state index is 2.56. The molecule has 0 aliphatic rings. The Morgan fingerprint density at radius 3 is 0.812 bits per heavy atom. The van der Waals surface area contributed by atoms with Crippen LogP contribution in [0.5, 0.6) is 0 Å². The van der Waals surface area contributed by atoms with Crippen molar-refractivity contribution in [2.45, 2.75) is 75.9 Å². The van der Waals surface area contributed by atoms with E-state index in [2.05, 4.69) is 58.9 Å². The van der Waals surface area contributed by atoms with Crippen molar-refractivity contribution in [1.29, 1.82) is 0 Å². The third kappa shape index (κ3) is 11.4. The third-order valence-electron chi connectivity index (χ3n) is 2.34. The van der Waals surface area contributed by atoms with Crippen LogP contribution in [0, 0.1) is 0 Å². The lowest BCUT2D eigenvalue weighted by atomic mass is 11.7. The molecule has 4 heteroatoms. The first-order chi connectivity index (χ1) is 6.79. The maximum Gasteiger partial charge on any atom is 0.0414 e.